The van der Waals surface area contributed by atoms with Crippen LogP contribution >= 0.6 is 0 Å². The molecule has 1 N–H and O–H groups in total. The van der Waals surface area contributed by atoms with Crippen molar-refractivity contribution in [2.24, 2.45) is 0 Å². The summed E-state index contributed by atoms with van der Waals surface area (Å²) in [5, 5.41) is 7.18. The van der Waals surface area contributed by atoms with E-state index in [0.717, 1.165) is 25.0 Å². The van der Waals surface area contributed by atoms with Crippen molar-refractivity contribution in [3.8, 4) is 0 Å². The highest BCUT2D eigenvalue weighted by Crippen LogP contribution is 2.21. The summed E-state index contributed by atoms with van der Waals surface area (Å²) in [6.07, 6.45) is 7.84. The molecule has 1 heterocycles. The van der Waals surface area contributed by atoms with Crippen LogP contribution in [0.1, 0.15) is 73.2 Å². The van der Waals surface area contributed by atoms with Crippen LogP contribution in [-0.4, -0.2) is 17.1 Å². The molecule has 1 atom stereocenters. The molecule has 1 aromatic carbocycles. The molecule has 1 aromatic heterocycles. The van der Waals surface area contributed by atoms with Gasteiger partial charge in [-0.25, -0.2) is 0 Å². The van der Waals surface area contributed by atoms with Crippen LogP contribution in [0.5, 0.6) is 0 Å². The van der Waals surface area contributed by atoms with Gasteiger partial charge in [-0.1, -0.05) is 68.1 Å². The fraction of sp³-hybridized carbons (Fsp3) is 0.500. The van der Waals surface area contributed by atoms with Gasteiger partial charge in [-0.2, -0.15) is 0 Å². The van der Waals surface area contributed by atoms with Crippen LogP contribution in [0.25, 0.3) is 0 Å². The van der Waals surface area contributed by atoms with Crippen molar-refractivity contribution >= 4 is 5.91 Å². The first-order chi connectivity index (χ1) is 11.7. The average Bonchev–Trinajstić information content (AvgIpc) is 2.92. The summed E-state index contributed by atoms with van der Waals surface area (Å²) in [6.45, 7) is 2.16. The predicted octanol–water partition coefficient (Wildman–Crippen LogP) is 4.47. The maximum Gasteiger partial charge on any atom is 0.290 e. The summed E-state index contributed by atoms with van der Waals surface area (Å²) in [5.74, 6) is 0.539. The molecule has 1 saturated carbocycles. The third kappa shape index (κ3) is 4.47. The Morgan fingerprint density at radius 2 is 1.92 bits per heavy atom. The lowest BCUT2D eigenvalue weighted by molar-refractivity contribution is 0.0896. The third-order valence-electron chi connectivity index (χ3n) is 4.86. The van der Waals surface area contributed by atoms with Crippen molar-refractivity contribution in [3.63, 3.8) is 0 Å². The zero-order valence-electron chi connectivity index (χ0n) is 14.3. The standard InChI is InChI=1S/C20H26N2O2/c1-15(16-9-5-4-6-10-16)13-18-14-19(24-22-18)20(23)21-17-11-7-2-3-8-12-17/h4-6,9-10,14-15,17H,2-3,7-8,11-13H2,1H3,(H,21,23). The fourth-order valence-corrected chi connectivity index (χ4v) is 3.41. The molecule has 3 rings (SSSR count). The predicted molar refractivity (Wildman–Crippen MR) is 94.0 cm³/mol. The maximum atomic E-state index is 12.3. The van der Waals surface area contributed by atoms with Gasteiger partial charge in [0.05, 0.1) is 5.69 Å². The smallest absolute Gasteiger partial charge is 0.290 e. The number of hydrogen-bond donors (Lipinski definition) is 1. The van der Waals surface area contributed by atoms with E-state index < -0.39 is 0 Å². The van der Waals surface area contributed by atoms with Gasteiger partial charge in [0, 0.05) is 12.1 Å². The second-order valence-electron chi connectivity index (χ2n) is 6.86. The van der Waals surface area contributed by atoms with Crippen LogP contribution in [0.15, 0.2) is 40.9 Å². The van der Waals surface area contributed by atoms with Gasteiger partial charge in [0.2, 0.25) is 5.76 Å². The number of hydrogen-bond acceptors (Lipinski definition) is 3. The molecule has 0 saturated heterocycles. The Balaban J connectivity index is 1.57. The number of amides is 1. The second-order valence-corrected chi connectivity index (χ2v) is 6.86. The zero-order valence-corrected chi connectivity index (χ0v) is 14.3. The van der Waals surface area contributed by atoms with E-state index in [2.05, 4.69) is 29.5 Å². The summed E-state index contributed by atoms with van der Waals surface area (Å²) < 4.78 is 5.27. The van der Waals surface area contributed by atoms with Gasteiger partial charge in [-0.3, -0.25) is 4.79 Å². The maximum absolute atomic E-state index is 12.3. The van der Waals surface area contributed by atoms with Crippen LogP contribution in [0, 0.1) is 0 Å². The lowest BCUT2D eigenvalue weighted by Crippen LogP contribution is -2.34. The Kier molecular flexibility index (Phi) is 5.68. The number of carbonyl (C=O) groups is 1. The van der Waals surface area contributed by atoms with Crippen molar-refractivity contribution in [1.29, 1.82) is 0 Å². The average molecular weight is 326 g/mol. The normalized spacial score (nSPS) is 17.2. The van der Waals surface area contributed by atoms with E-state index >= 15 is 0 Å². The highest BCUT2D eigenvalue weighted by atomic mass is 16.5. The van der Waals surface area contributed by atoms with E-state index in [1.807, 2.05) is 18.2 Å². The lowest BCUT2D eigenvalue weighted by atomic mass is 9.96. The number of rotatable bonds is 5. The number of nitrogens with zero attached hydrogens (tertiary/aromatic N) is 1. The SMILES string of the molecule is CC(Cc1cc(C(=O)NC2CCCCCC2)on1)c1ccccc1. The highest BCUT2D eigenvalue weighted by molar-refractivity contribution is 5.91. The summed E-state index contributed by atoms with van der Waals surface area (Å²) in [7, 11) is 0. The van der Waals surface area contributed by atoms with Crippen LogP contribution < -0.4 is 5.32 Å². The molecule has 1 aliphatic carbocycles. The summed E-state index contributed by atoms with van der Waals surface area (Å²) >= 11 is 0. The quantitative estimate of drug-likeness (QED) is 0.825. The van der Waals surface area contributed by atoms with Crippen molar-refractivity contribution in [3.05, 3.63) is 53.4 Å². The molecular weight excluding hydrogens is 300 g/mol. The number of benzene rings is 1. The largest absolute Gasteiger partial charge is 0.351 e. The van der Waals surface area contributed by atoms with Crippen molar-refractivity contribution in [2.45, 2.75) is 63.8 Å². The molecule has 2 aromatic rings. The van der Waals surface area contributed by atoms with Gasteiger partial charge in [0.25, 0.3) is 5.91 Å². The van der Waals surface area contributed by atoms with Gasteiger partial charge in [0.15, 0.2) is 0 Å². The third-order valence-corrected chi connectivity index (χ3v) is 4.86. The van der Waals surface area contributed by atoms with Gasteiger partial charge in [-0.15, -0.1) is 0 Å². The zero-order chi connectivity index (χ0) is 16.8. The Hall–Kier alpha value is -2.10. The Bertz CT molecular complexity index is 643. The van der Waals surface area contributed by atoms with Gasteiger partial charge in [-0.05, 0) is 30.7 Å². The van der Waals surface area contributed by atoms with Crippen LogP contribution in [0.2, 0.25) is 0 Å². The highest BCUT2D eigenvalue weighted by Gasteiger charge is 2.19. The fourth-order valence-electron chi connectivity index (χ4n) is 3.41. The van der Waals surface area contributed by atoms with E-state index in [4.69, 9.17) is 4.52 Å². The minimum atomic E-state index is -0.131. The Labute approximate surface area is 143 Å². The molecule has 0 spiro atoms. The molecule has 1 amide bonds. The van der Waals surface area contributed by atoms with Crippen molar-refractivity contribution in [2.75, 3.05) is 0 Å². The van der Waals surface area contributed by atoms with E-state index in [-0.39, 0.29) is 11.9 Å². The topological polar surface area (TPSA) is 55.1 Å². The van der Waals surface area contributed by atoms with E-state index in [1.165, 1.54) is 31.2 Å². The van der Waals surface area contributed by atoms with Gasteiger partial charge < -0.3 is 9.84 Å². The number of nitrogens with one attached hydrogen (secondary N) is 1. The number of carbonyl (C=O) groups excluding carboxylic acids is 1. The molecule has 1 unspecified atom stereocenters. The molecule has 0 aliphatic heterocycles. The molecule has 128 valence electrons. The molecule has 4 heteroatoms. The van der Waals surface area contributed by atoms with Gasteiger partial charge in [0.1, 0.15) is 0 Å². The van der Waals surface area contributed by atoms with Crippen LogP contribution in [0.4, 0.5) is 0 Å². The second kappa shape index (κ2) is 8.13. The Morgan fingerprint density at radius 3 is 2.62 bits per heavy atom. The monoisotopic (exact) mass is 326 g/mol. The molecule has 1 aliphatic rings. The molecule has 1 fully saturated rings. The minimum absolute atomic E-state index is 0.131. The molecule has 24 heavy (non-hydrogen) atoms. The van der Waals surface area contributed by atoms with Crippen molar-refractivity contribution in [1.82, 2.24) is 10.5 Å². The summed E-state index contributed by atoms with van der Waals surface area (Å²) in [4.78, 5) is 12.3. The van der Waals surface area contributed by atoms with E-state index in [9.17, 15) is 4.79 Å². The van der Waals surface area contributed by atoms with Crippen molar-refractivity contribution < 1.29 is 9.32 Å². The van der Waals surface area contributed by atoms with E-state index in [1.54, 1.807) is 6.07 Å². The molecular formula is C20H26N2O2. The Morgan fingerprint density at radius 1 is 1.21 bits per heavy atom. The number of aromatic nitrogens is 1. The molecule has 0 bridgehead atoms. The minimum Gasteiger partial charge on any atom is -0.351 e. The lowest BCUT2D eigenvalue weighted by Gasteiger charge is -2.14. The first-order valence-corrected chi connectivity index (χ1v) is 9.04. The van der Waals surface area contributed by atoms with E-state index in [0.29, 0.717) is 11.7 Å². The summed E-state index contributed by atoms with van der Waals surface area (Å²) in [6, 6.07) is 12.4. The molecule has 4 nitrogen and oxygen atoms in total. The first kappa shape index (κ1) is 16.7. The first-order valence-electron chi connectivity index (χ1n) is 9.04. The van der Waals surface area contributed by atoms with Crippen LogP contribution in [0.3, 0.4) is 0 Å². The molecule has 0 radical (unpaired) electrons. The van der Waals surface area contributed by atoms with Gasteiger partial charge >= 0.3 is 0 Å². The van der Waals surface area contributed by atoms with Crippen LogP contribution in [-0.2, 0) is 6.42 Å². The summed E-state index contributed by atoms with van der Waals surface area (Å²) in [5.41, 5.74) is 2.10.